The van der Waals surface area contributed by atoms with Crippen molar-refractivity contribution >= 4 is 32.9 Å². The maximum Gasteiger partial charge on any atom is 0.270 e. The number of para-hydroxylation sites is 1. The van der Waals surface area contributed by atoms with Gasteiger partial charge in [-0.15, -0.1) is 0 Å². The first-order valence-electron chi connectivity index (χ1n) is 10.7. The maximum atomic E-state index is 13.7. The molecule has 0 aromatic heterocycles. The van der Waals surface area contributed by atoms with E-state index in [2.05, 4.69) is 19.2 Å². The SMILES string of the molecule is CCN1c2ccccc2C(c2ccccc2)=C(C(=O)Nc2ccc(C(C)C)cc2)S1(=O)=O. The predicted octanol–water partition coefficient (Wildman–Crippen LogP) is 5.38. The maximum absolute atomic E-state index is 13.7. The minimum atomic E-state index is -4.07. The molecule has 1 amide bonds. The molecule has 0 fully saturated rings. The predicted molar refractivity (Wildman–Crippen MR) is 130 cm³/mol. The van der Waals surface area contributed by atoms with E-state index in [1.54, 1.807) is 31.2 Å². The Morgan fingerprint density at radius 3 is 2.16 bits per heavy atom. The topological polar surface area (TPSA) is 66.5 Å². The Labute approximate surface area is 189 Å². The van der Waals surface area contributed by atoms with Crippen molar-refractivity contribution in [3.8, 4) is 0 Å². The molecule has 0 saturated heterocycles. The van der Waals surface area contributed by atoms with Crippen LogP contribution < -0.4 is 9.62 Å². The van der Waals surface area contributed by atoms with Crippen LogP contribution in [0.2, 0.25) is 0 Å². The average molecular weight is 447 g/mol. The van der Waals surface area contributed by atoms with Crippen molar-refractivity contribution < 1.29 is 13.2 Å². The van der Waals surface area contributed by atoms with Crippen molar-refractivity contribution in [1.82, 2.24) is 0 Å². The molecule has 1 N–H and O–H groups in total. The number of nitrogens with one attached hydrogen (secondary N) is 1. The molecule has 6 heteroatoms. The minimum Gasteiger partial charge on any atom is -0.321 e. The summed E-state index contributed by atoms with van der Waals surface area (Å²) in [6.45, 7) is 6.18. The highest BCUT2D eigenvalue weighted by Gasteiger charge is 2.40. The van der Waals surface area contributed by atoms with Gasteiger partial charge < -0.3 is 5.32 Å². The molecule has 164 valence electrons. The van der Waals surface area contributed by atoms with Crippen LogP contribution in [0, 0.1) is 0 Å². The lowest BCUT2D eigenvalue weighted by molar-refractivity contribution is -0.112. The highest BCUT2D eigenvalue weighted by Crippen LogP contribution is 2.42. The quantitative estimate of drug-likeness (QED) is 0.572. The number of anilines is 2. The Bertz CT molecular complexity index is 1280. The van der Waals surface area contributed by atoms with Crippen molar-refractivity contribution in [2.45, 2.75) is 26.7 Å². The molecular weight excluding hydrogens is 420 g/mol. The summed E-state index contributed by atoms with van der Waals surface area (Å²) in [6.07, 6.45) is 0. The van der Waals surface area contributed by atoms with Gasteiger partial charge >= 0.3 is 0 Å². The van der Waals surface area contributed by atoms with Crippen LogP contribution >= 0.6 is 0 Å². The number of hydrogen-bond acceptors (Lipinski definition) is 3. The van der Waals surface area contributed by atoms with E-state index in [-0.39, 0.29) is 11.4 Å². The average Bonchev–Trinajstić information content (AvgIpc) is 2.78. The first-order valence-corrected chi connectivity index (χ1v) is 12.1. The van der Waals surface area contributed by atoms with Crippen molar-refractivity contribution in [2.24, 2.45) is 0 Å². The molecule has 0 unspecified atom stereocenters. The van der Waals surface area contributed by atoms with Crippen molar-refractivity contribution in [3.05, 3.63) is 100 Å². The van der Waals surface area contributed by atoms with Gasteiger partial charge in [0.05, 0.1) is 5.69 Å². The Morgan fingerprint density at radius 2 is 1.53 bits per heavy atom. The molecule has 0 atom stereocenters. The number of rotatable bonds is 5. The van der Waals surface area contributed by atoms with Crippen molar-refractivity contribution in [2.75, 3.05) is 16.2 Å². The zero-order valence-electron chi connectivity index (χ0n) is 18.4. The third kappa shape index (κ3) is 3.82. The van der Waals surface area contributed by atoms with Gasteiger partial charge in [-0.05, 0) is 42.2 Å². The summed E-state index contributed by atoms with van der Waals surface area (Å²) in [5.41, 5.74) is 4.09. The van der Waals surface area contributed by atoms with Crippen molar-refractivity contribution in [3.63, 3.8) is 0 Å². The Morgan fingerprint density at radius 1 is 0.906 bits per heavy atom. The summed E-state index contributed by atoms with van der Waals surface area (Å²) in [5, 5.41) is 2.81. The molecule has 0 radical (unpaired) electrons. The van der Waals surface area contributed by atoms with E-state index in [9.17, 15) is 13.2 Å². The largest absolute Gasteiger partial charge is 0.321 e. The number of nitrogens with zero attached hydrogens (tertiary/aromatic N) is 1. The first-order chi connectivity index (χ1) is 15.3. The molecule has 1 aliphatic rings. The lowest BCUT2D eigenvalue weighted by Gasteiger charge is -2.32. The van der Waals surface area contributed by atoms with E-state index in [4.69, 9.17) is 0 Å². The van der Waals surface area contributed by atoms with E-state index in [1.165, 1.54) is 4.31 Å². The molecule has 5 nitrogen and oxygen atoms in total. The van der Waals surface area contributed by atoms with E-state index >= 15 is 0 Å². The summed E-state index contributed by atoms with van der Waals surface area (Å²) >= 11 is 0. The summed E-state index contributed by atoms with van der Waals surface area (Å²) in [6, 6.07) is 24.0. The fraction of sp³-hybridized carbons (Fsp3) is 0.192. The molecule has 1 aliphatic heterocycles. The van der Waals surface area contributed by atoms with Gasteiger partial charge in [0.25, 0.3) is 15.9 Å². The molecule has 0 aliphatic carbocycles. The van der Waals surface area contributed by atoms with Crippen LogP contribution in [0.5, 0.6) is 0 Å². The fourth-order valence-electron chi connectivity index (χ4n) is 4.00. The smallest absolute Gasteiger partial charge is 0.270 e. The van der Waals surface area contributed by atoms with Crippen LogP contribution in [0.4, 0.5) is 11.4 Å². The van der Waals surface area contributed by atoms with Crippen LogP contribution in [0.1, 0.15) is 43.4 Å². The molecule has 3 aromatic carbocycles. The lowest BCUT2D eigenvalue weighted by Crippen LogP contribution is -2.39. The highest BCUT2D eigenvalue weighted by molar-refractivity contribution is 7.97. The van der Waals surface area contributed by atoms with E-state index < -0.39 is 15.9 Å². The van der Waals surface area contributed by atoms with Gasteiger partial charge in [0.1, 0.15) is 0 Å². The summed E-state index contributed by atoms with van der Waals surface area (Å²) in [7, 11) is -4.07. The summed E-state index contributed by atoms with van der Waals surface area (Å²) in [5.74, 6) is -0.283. The Balaban J connectivity index is 1.90. The molecule has 0 saturated carbocycles. The van der Waals surface area contributed by atoms with Gasteiger partial charge in [-0.1, -0.05) is 74.5 Å². The third-order valence-corrected chi connectivity index (χ3v) is 7.55. The van der Waals surface area contributed by atoms with Gasteiger partial charge in [0.15, 0.2) is 4.91 Å². The Hall–Kier alpha value is -3.38. The second kappa shape index (κ2) is 8.63. The number of amides is 1. The van der Waals surface area contributed by atoms with Gasteiger partial charge in [-0.2, -0.15) is 0 Å². The van der Waals surface area contributed by atoms with Crippen LogP contribution in [-0.2, 0) is 14.8 Å². The number of fused-ring (bicyclic) bond motifs is 1. The van der Waals surface area contributed by atoms with Gasteiger partial charge in [-0.25, -0.2) is 8.42 Å². The summed E-state index contributed by atoms with van der Waals surface area (Å²) in [4.78, 5) is 13.2. The summed E-state index contributed by atoms with van der Waals surface area (Å²) < 4.78 is 28.6. The normalized spacial score (nSPS) is 14.9. The van der Waals surface area contributed by atoms with Crippen LogP contribution in [0.25, 0.3) is 5.57 Å². The second-order valence-corrected chi connectivity index (χ2v) is 9.79. The van der Waals surface area contributed by atoms with Gasteiger partial charge in [0.2, 0.25) is 0 Å². The first kappa shape index (κ1) is 21.8. The zero-order chi connectivity index (χ0) is 22.9. The second-order valence-electron chi connectivity index (χ2n) is 7.99. The number of carbonyl (C=O) groups excluding carboxylic acids is 1. The molecule has 3 aromatic rings. The van der Waals surface area contributed by atoms with Gasteiger partial charge in [0, 0.05) is 23.4 Å². The van der Waals surface area contributed by atoms with Crippen LogP contribution in [0.3, 0.4) is 0 Å². The monoisotopic (exact) mass is 446 g/mol. The van der Waals surface area contributed by atoms with E-state index in [1.807, 2.05) is 54.6 Å². The number of sulfonamides is 1. The molecule has 0 bridgehead atoms. The number of hydrogen-bond donors (Lipinski definition) is 1. The standard InChI is InChI=1S/C26H26N2O3S/c1-4-28-23-13-9-8-12-22(23)24(20-10-6-5-7-11-20)25(32(28,30)31)26(29)27-21-16-14-19(15-17-21)18(2)3/h5-18H,4H2,1-3H3,(H,27,29). The minimum absolute atomic E-state index is 0.223. The molecular formula is C26H26N2O3S. The van der Waals surface area contributed by atoms with E-state index in [0.29, 0.717) is 28.4 Å². The number of benzene rings is 3. The number of carbonyl (C=O) groups is 1. The fourth-order valence-corrected chi connectivity index (χ4v) is 5.74. The van der Waals surface area contributed by atoms with Gasteiger partial charge in [-0.3, -0.25) is 9.10 Å². The molecule has 32 heavy (non-hydrogen) atoms. The lowest BCUT2D eigenvalue weighted by atomic mass is 9.95. The van der Waals surface area contributed by atoms with Crippen LogP contribution in [0.15, 0.2) is 83.8 Å². The molecule has 0 spiro atoms. The van der Waals surface area contributed by atoms with Crippen LogP contribution in [-0.4, -0.2) is 20.9 Å². The molecule has 4 rings (SSSR count). The third-order valence-electron chi connectivity index (χ3n) is 5.61. The van der Waals surface area contributed by atoms with E-state index in [0.717, 1.165) is 11.1 Å². The Kier molecular flexibility index (Phi) is 5.89. The zero-order valence-corrected chi connectivity index (χ0v) is 19.2. The highest BCUT2D eigenvalue weighted by atomic mass is 32.2. The van der Waals surface area contributed by atoms with Crippen molar-refractivity contribution in [1.29, 1.82) is 0 Å². The molecule has 1 heterocycles.